The fraction of sp³-hybridized carbons (Fsp3) is 0.308. The Morgan fingerprint density at radius 1 is 1.28 bits per heavy atom. The number of Topliss-reactive ketones (excluding diaryl/α,β-unsaturated/α-hetero) is 2. The average Bonchev–Trinajstić information content (AvgIpc) is 2.32. The molecule has 0 saturated carbocycles. The molecule has 0 aliphatic carbocycles. The van der Waals surface area contributed by atoms with Gasteiger partial charge in [-0.1, -0.05) is 17.7 Å². The molecule has 1 aromatic carbocycles. The van der Waals surface area contributed by atoms with E-state index in [4.69, 9.17) is 11.6 Å². The van der Waals surface area contributed by atoms with Crippen molar-refractivity contribution in [3.05, 3.63) is 34.3 Å². The van der Waals surface area contributed by atoms with Gasteiger partial charge in [0.15, 0.2) is 0 Å². The van der Waals surface area contributed by atoms with E-state index in [0.717, 1.165) is 5.56 Å². The van der Waals surface area contributed by atoms with Crippen LogP contribution in [-0.2, 0) is 25.5 Å². The number of carbonyl (C=O) groups excluding carboxylic acids is 3. The van der Waals surface area contributed by atoms with Crippen molar-refractivity contribution >= 4 is 29.1 Å². The first-order chi connectivity index (χ1) is 8.45. The predicted molar refractivity (Wildman–Crippen MR) is 66.5 cm³/mol. The monoisotopic (exact) mass is 268 g/mol. The highest BCUT2D eigenvalue weighted by Crippen LogP contribution is 2.15. The van der Waals surface area contributed by atoms with Gasteiger partial charge in [0.1, 0.15) is 0 Å². The first-order valence-corrected chi connectivity index (χ1v) is 5.82. The third-order valence-electron chi connectivity index (χ3n) is 2.37. The van der Waals surface area contributed by atoms with E-state index >= 15 is 0 Å². The van der Waals surface area contributed by atoms with Crippen molar-refractivity contribution in [1.29, 1.82) is 0 Å². The van der Waals surface area contributed by atoms with Crippen molar-refractivity contribution in [3.63, 3.8) is 0 Å². The van der Waals surface area contributed by atoms with Crippen LogP contribution in [0.4, 0.5) is 0 Å². The topological polar surface area (TPSA) is 60.4 Å². The van der Waals surface area contributed by atoms with E-state index in [-0.39, 0.29) is 13.0 Å². The summed E-state index contributed by atoms with van der Waals surface area (Å²) in [7, 11) is 0. The Morgan fingerprint density at radius 3 is 2.50 bits per heavy atom. The van der Waals surface area contributed by atoms with Crippen molar-refractivity contribution in [2.75, 3.05) is 6.61 Å². The van der Waals surface area contributed by atoms with Gasteiger partial charge in [-0.3, -0.25) is 9.59 Å². The molecule has 1 aromatic rings. The fourth-order valence-electron chi connectivity index (χ4n) is 1.42. The zero-order chi connectivity index (χ0) is 13.7. The number of rotatable bonds is 5. The number of esters is 1. The van der Waals surface area contributed by atoms with Crippen molar-refractivity contribution < 1.29 is 19.1 Å². The summed E-state index contributed by atoms with van der Waals surface area (Å²) in [4.78, 5) is 34.0. The molecule has 1 rings (SSSR count). The molecule has 0 aliphatic heterocycles. The molecule has 4 nitrogen and oxygen atoms in total. The minimum atomic E-state index is -1.12. The third-order valence-corrected chi connectivity index (χ3v) is 2.60. The largest absolute Gasteiger partial charge is 0.460 e. The standard InChI is InChI=1S/C13H13ClO4/c1-3-18-13(17)12(16)11(15)7-9-4-5-10(14)6-8(9)2/h4-6H,3,7H2,1-2H3. The van der Waals surface area contributed by atoms with Gasteiger partial charge in [0, 0.05) is 11.4 Å². The second-order valence-corrected chi connectivity index (χ2v) is 4.16. The van der Waals surface area contributed by atoms with Crippen LogP contribution in [-0.4, -0.2) is 24.1 Å². The van der Waals surface area contributed by atoms with E-state index in [1.54, 1.807) is 32.0 Å². The number of benzene rings is 1. The van der Waals surface area contributed by atoms with Gasteiger partial charge in [0.2, 0.25) is 5.78 Å². The summed E-state index contributed by atoms with van der Waals surface area (Å²) in [6.45, 7) is 3.42. The molecule has 96 valence electrons. The van der Waals surface area contributed by atoms with E-state index in [1.807, 2.05) is 0 Å². The molecule has 0 aromatic heterocycles. The van der Waals surface area contributed by atoms with Gasteiger partial charge in [-0.15, -0.1) is 0 Å². The molecule has 0 heterocycles. The highest BCUT2D eigenvalue weighted by atomic mass is 35.5. The first kappa shape index (κ1) is 14.4. The van der Waals surface area contributed by atoms with E-state index < -0.39 is 17.5 Å². The van der Waals surface area contributed by atoms with Crippen LogP contribution in [0.15, 0.2) is 18.2 Å². The zero-order valence-corrected chi connectivity index (χ0v) is 10.9. The van der Waals surface area contributed by atoms with Gasteiger partial charge < -0.3 is 4.74 Å². The summed E-state index contributed by atoms with van der Waals surface area (Å²) in [5.41, 5.74) is 1.47. The maximum atomic E-state index is 11.6. The van der Waals surface area contributed by atoms with Crippen LogP contribution in [0.25, 0.3) is 0 Å². The Labute approximate surface area is 110 Å². The lowest BCUT2D eigenvalue weighted by molar-refractivity contribution is -0.156. The van der Waals surface area contributed by atoms with Crippen molar-refractivity contribution in [3.8, 4) is 0 Å². The average molecular weight is 269 g/mol. The van der Waals surface area contributed by atoms with Gasteiger partial charge in [0.25, 0.3) is 0 Å². The van der Waals surface area contributed by atoms with Crippen LogP contribution in [0, 0.1) is 6.92 Å². The van der Waals surface area contributed by atoms with Crippen LogP contribution < -0.4 is 0 Å². The number of ether oxygens (including phenoxy) is 1. The first-order valence-electron chi connectivity index (χ1n) is 5.45. The Morgan fingerprint density at radius 2 is 1.94 bits per heavy atom. The molecule has 0 N–H and O–H groups in total. The van der Waals surface area contributed by atoms with Gasteiger partial charge in [-0.05, 0) is 37.1 Å². The van der Waals surface area contributed by atoms with Crippen LogP contribution >= 0.6 is 11.6 Å². The molecule has 0 amide bonds. The lowest BCUT2D eigenvalue weighted by Gasteiger charge is -2.05. The predicted octanol–water partition coefficient (Wildman–Crippen LogP) is 1.89. The minimum Gasteiger partial charge on any atom is -0.460 e. The van der Waals surface area contributed by atoms with Crippen LogP contribution in [0.3, 0.4) is 0 Å². The van der Waals surface area contributed by atoms with Crippen LogP contribution in [0.2, 0.25) is 5.02 Å². The Hall–Kier alpha value is -1.68. The van der Waals surface area contributed by atoms with Crippen molar-refractivity contribution in [2.45, 2.75) is 20.3 Å². The molecule has 0 saturated heterocycles. The number of halogens is 1. The quantitative estimate of drug-likeness (QED) is 0.465. The second-order valence-electron chi connectivity index (χ2n) is 3.72. The number of hydrogen-bond donors (Lipinski definition) is 0. The normalized spacial score (nSPS) is 9.94. The summed E-state index contributed by atoms with van der Waals surface area (Å²) in [6, 6.07) is 4.99. The molecule has 0 aliphatic rings. The Balaban J connectivity index is 2.75. The number of hydrogen-bond acceptors (Lipinski definition) is 4. The lowest BCUT2D eigenvalue weighted by Crippen LogP contribution is -2.27. The molecule has 5 heteroatoms. The lowest BCUT2D eigenvalue weighted by atomic mass is 10.0. The molecule has 0 unspecified atom stereocenters. The second kappa shape index (κ2) is 6.31. The highest BCUT2D eigenvalue weighted by molar-refractivity contribution is 6.62. The van der Waals surface area contributed by atoms with Crippen LogP contribution in [0.1, 0.15) is 18.1 Å². The molecule has 0 spiro atoms. The molecular weight excluding hydrogens is 256 g/mol. The Kier molecular flexibility index (Phi) is 5.04. The summed E-state index contributed by atoms with van der Waals surface area (Å²) in [5, 5.41) is 0.556. The fourth-order valence-corrected chi connectivity index (χ4v) is 1.65. The van der Waals surface area contributed by atoms with E-state index in [9.17, 15) is 14.4 Å². The SMILES string of the molecule is CCOC(=O)C(=O)C(=O)Cc1ccc(Cl)cc1C. The summed E-state index contributed by atoms with van der Waals surface area (Å²) in [5.74, 6) is -3.00. The Bertz CT molecular complexity index is 494. The van der Waals surface area contributed by atoms with Gasteiger partial charge >= 0.3 is 11.8 Å². The maximum absolute atomic E-state index is 11.6. The smallest absolute Gasteiger partial charge is 0.382 e. The number of aryl methyl sites for hydroxylation is 1. The van der Waals surface area contributed by atoms with Gasteiger partial charge in [0.05, 0.1) is 6.61 Å². The molecule has 0 bridgehead atoms. The highest BCUT2D eigenvalue weighted by Gasteiger charge is 2.24. The van der Waals surface area contributed by atoms with Crippen molar-refractivity contribution in [2.24, 2.45) is 0 Å². The molecule has 0 atom stereocenters. The van der Waals surface area contributed by atoms with E-state index in [1.165, 1.54) is 0 Å². The minimum absolute atomic E-state index is 0.0673. The van der Waals surface area contributed by atoms with Crippen LogP contribution in [0.5, 0.6) is 0 Å². The summed E-state index contributed by atoms with van der Waals surface area (Å²) in [6.07, 6.45) is -0.124. The van der Waals surface area contributed by atoms with E-state index in [0.29, 0.717) is 10.6 Å². The number of ketones is 2. The molecule has 0 radical (unpaired) electrons. The molecular formula is C13H13ClO4. The summed E-state index contributed by atoms with van der Waals surface area (Å²) >= 11 is 5.78. The van der Waals surface area contributed by atoms with Gasteiger partial charge in [-0.25, -0.2) is 4.79 Å². The maximum Gasteiger partial charge on any atom is 0.382 e. The third kappa shape index (κ3) is 3.67. The molecule has 0 fully saturated rings. The summed E-state index contributed by atoms with van der Waals surface area (Å²) < 4.78 is 4.48. The van der Waals surface area contributed by atoms with E-state index in [2.05, 4.69) is 4.74 Å². The molecule has 18 heavy (non-hydrogen) atoms. The number of carbonyl (C=O) groups is 3. The zero-order valence-electron chi connectivity index (χ0n) is 10.2. The van der Waals surface area contributed by atoms with Crippen molar-refractivity contribution in [1.82, 2.24) is 0 Å². The van der Waals surface area contributed by atoms with Gasteiger partial charge in [-0.2, -0.15) is 0 Å².